The molecule has 1 N–H and O–H groups in total. The van der Waals surface area contributed by atoms with Crippen LogP contribution in [0, 0.1) is 5.82 Å². The van der Waals surface area contributed by atoms with E-state index in [0.29, 0.717) is 22.8 Å². The number of carbonyl (C=O) groups is 1. The van der Waals surface area contributed by atoms with Gasteiger partial charge >= 0.3 is 6.01 Å². The van der Waals surface area contributed by atoms with Gasteiger partial charge in [-0.05, 0) is 36.4 Å². The van der Waals surface area contributed by atoms with Crippen molar-refractivity contribution in [2.75, 3.05) is 26.1 Å². The lowest BCUT2D eigenvalue weighted by molar-refractivity contribution is -0.119. The highest BCUT2D eigenvalue weighted by atomic mass is 19.1. The van der Waals surface area contributed by atoms with Crippen molar-refractivity contribution in [1.29, 1.82) is 0 Å². The fourth-order valence-electron chi connectivity index (χ4n) is 2.39. The van der Waals surface area contributed by atoms with Gasteiger partial charge in [0.15, 0.2) is 5.82 Å². The standard InChI is InChI=1S/C18H17FN4O3/c1-25-11-16(24)20-14-6-8-15(9-7-14)23-17(21-18(22-23)26-2)12-4-3-5-13(19)10-12/h3-10H,11H2,1-2H3,(H,20,24). The number of carbonyl (C=O) groups excluding carboxylic acids is 1. The molecule has 1 heterocycles. The molecule has 3 aromatic rings. The molecule has 26 heavy (non-hydrogen) atoms. The minimum Gasteiger partial charge on any atom is -0.466 e. The van der Waals surface area contributed by atoms with Gasteiger partial charge in [-0.15, -0.1) is 5.10 Å². The average molecular weight is 356 g/mol. The van der Waals surface area contributed by atoms with Crippen molar-refractivity contribution >= 4 is 11.6 Å². The Bertz CT molecular complexity index is 909. The second kappa shape index (κ2) is 7.75. The predicted molar refractivity (Wildman–Crippen MR) is 93.8 cm³/mol. The van der Waals surface area contributed by atoms with E-state index < -0.39 is 0 Å². The van der Waals surface area contributed by atoms with Crippen molar-refractivity contribution in [3.05, 3.63) is 54.3 Å². The first-order valence-corrected chi connectivity index (χ1v) is 7.77. The van der Waals surface area contributed by atoms with Crippen molar-refractivity contribution in [1.82, 2.24) is 14.8 Å². The lowest BCUT2D eigenvalue weighted by Crippen LogP contribution is -2.17. The molecule has 0 spiro atoms. The molecule has 3 rings (SSSR count). The monoisotopic (exact) mass is 356 g/mol. The molecule has 0 aliphatic heterocycles. The van der Waals surface area contributed by atoms with Crippen LogP contribution in [0.1, 0.15) is 0 Å². The van der Waals surface area contributed by atoms with Gasteiger partial charge in [0.1, 0.15) is 12.4 Å². The molecular formula is C18H17FN4O3. The zero-order valence-electron chi connectivity index (χ0n) is 14.3. The van der Waals surface area contributed by atoms with Crippen LogP contribution >= 0.6 is 0 Å². The second-order valence-electron chi connectivity index (χ2n) is 5.37. The van der Waals surface area contributed by atoms with Crippen molar-refractivity contribution in [2.45, 2.75) is 0 Å². The van der Waals surface area contributed by atoms with E-state index in [1.54, 1.807) is 41.1 Å². The SMILES string of the molecule is COCC(=O)Nc1ccc(-n2nc(OC)nc2-c2cccc(F)c2)cc1. The van der Waals surface area contributed by atoms with Crippen molar-refractivity contribution < 1.29 is 18.7 Å². The molecular weight excluding hydrogens is 339 g/mol. The Morgan fingerprint density at radius 3 is 2.62 bits per heavy atom. The first-order valence-electron chi connectivity index (χ1n) is 7.77. The smallest absolute Gasteiger partial charge is 0.336 e. The van der Waals surface area contributed by atoms with E-state index in [1.165, 1.54) is 26.4 Å². The molecule has 0 atom stereocenters. The third-order valence-electron chi connectivity index (χ3n) is 3.52. The van der Waals surface area contributed by atoms with Crippen molar-refractivity contribution in [3.8, 4) is 23.1 Å². The van der Waals surface area contributed by atoms with E-state index in [-0.39, 0.29) is 24.3 Å². The van der Waals surface area contributed by atoms with Gasteiger partial charge in [0.2, 0.25) is 5.91 Å². The zero-order chi connectivity index (χ0) is 18.5. The molecule has 8 heteroatoms. The molecule has 0 bridgehead atoms. The van der Waals surface area contributed by atoms with Crippen LogP contribution in [0.5, 0.6) is 6.01 Å². The van der Waals surface area contributed by atoms with Gasteiger partial charge in [0.05, 0.1) is 12.8 Å². The maximum absolute atomic E-state index is 13.6. The second-order valence-corrected chi connectivity index (χ2v) is 5.37. The van der Waals surface area contributed by atoms with E-state index in [9.17, 15) is 9.18 Å². The fourth-order valence-corrected chi connectivity index (χ4v) is 2.39. The van der Waals surface area contributed by atoms with Crippen LogP contribution in [0.2, 0.25) is 0 Å². The Kier molecular flexibility index (Phi) is 5.23. The first-order chi connectivity index (χ1) is 12.6. The summed E-state index contributed by atoms with van der Waals surface area (Å²) in [5.74, 6) is -0.173. The van der Waals surface area contributed by atoms with Crippen molar-refractivity contribution in [3.63, 3.8) is 0 Å². The lowest BCUT2D eigenvalue weighted by Gasteiger charge is -2.08. The van der Waals surface area contributed by atoms with E-state index in [0.717, 1.165) is 0 Å². The van der Waals surface area contributed by atoms with E-state index in [1.807, 2.05) is 0 Å². The molecule has 134 valence electrons. The summed E-state index contributed by atoms with van der Waals surface area (Å²) < 4.78 is 25.0. The Morgan fingerprint density at radius 1 is 1.19 bits per heavy atom. The Labute approximate surface area is 149 Å². The molecule has 0 radical (unpaired) electrons. The lowest BCUT2D eigenvalue weighted by atomic mass is 10.2. The van der Waals surface area contributed by atoms with E-state index in [2.05, 4.69) is 15.4 Å². The Morgan fingerprint density at radius 2 is 1.96 bits per heavy atom. The van der Waals surface area contributed by atoms with Gasteiger partial charge in [0.25, 0.3) is 0 Å². The van der Waals surface area contributed by atoms with Crippen LogP contribution in [-0.2, 0) is 9.53 Å². The largest absolute Gasteiger partial charge is 0.466 e. The van der Waals surface area contributed by atoms with Crippen LogP contribution in [0.4, 0.5) is 10.1 Å². The van der Waals surface area contributed by atoms with Crippen molar-refractivity contribution in [2.24, 2.45) is 0 Å². The van der Waals surface area contributed by atoms with Crippen LogP contribution in [-0.4, -0.2) is 41.5 Å². The minimum absolute atomic E-state index is 0.0221. The summed E-state index contributed by atoms with van der Waals surface area (Å²) in [5.41, 5.74) is 1.87. The summed E-state index contributed by atoms with van der Waals surface area (Å²) in [4.78, 5) is 15.9. The number of hydrogen-bond acceptors (Lipinski definition) is 5. The summed E-state index contributed by atoms with van der Waals surface area (Å²) in [6.07, 6.45) is 0. The number of benzene rings is 2. The minimum atomic E-state index is -0.368. The summed E-state index contributed by atoms with van der Waals surface area (Å²) in [6, 6.07) is 13.2. The maximum atomic E-state index is 13.6. The molecule has 0 aliphatic carbocycles. The number of amides is 1. The highest BCUT2D eigenvalue weighted by molar-refractivity contribution is 5.91. The Balaban J connectivity index is 1.94. The molecule has 0 aliphatic rings. The molecule has 0 saturated heterocycles. The molecule has 2 aromatic carbocycles. The van der Waals surface area contributed by atoms with Gasteiger partial charge in [-0.3, -0.25) is 4.79 Å². The topological polar surface area (TPSA) is 78.3 Å². The van der Waals surface area contributed by atoms with Gasteiger partial charge in [0, 0.05) is 18.4 Å². The third kappa shape index (κ3) is 3.86. The highest BCUT2D eigenvalue weighted by Gasteiger charge is 2.15. The summed E-state index contributed by atoms with van der Waals surface area (Å²) in [6.45, 7) is -0.0221. The van der Waals surface area contributed by atoms with Crippen LogP contribution in [0.25, 0.3) is 17.1 Å². The molecule has 1 amide bonds. The van der Waals surface area contributed by atoms with E-state index in [4.69, 9.17) is 9.47 Å². The quantitative estimate of drug-likeness (QED) is 0.735. The normalized spacial score (nSPS) is 10.6. The highest BCUT2D eigenvalue weighted by Crippen LogP contribution is 2.24. The first kappa shape index (κ1) is 17.6. The molecule has 1 aromatic heterocycles. The van der Waals surface area contributed by atoms with Crippen LogP contribution < -0.4 is 10.1 Å². The molecule has 0 saturated carbocycles. The summed E-state index contributed by atoms with van der Waals surface area (Å²) in [7, 11) is 2.91. The van der Waals surface area contributed by atoms with Gasteiger partial charge in [-0.2, -0.15) is 4.98 Å². The predicted octanol–water partition coefficient (Wildman–Crippen LogP) is 2.67. The molecule has 0 unspecified atom stereocenters. The Hall–Kier alpha value is -3.26. The molecule has 7 nitrogen and oxygen atoms in total. The average Bonchev–Trinajstić information content (AvgIpc) is 3.07. The number of methoxy groups -OCH3 is 2. The summed E-state index contributed by atoms with van der Waals surface area (Å²) >= 11 is 0. The number of anilines is 1. The van der Waals surface area contributed by atoms with Crippen LogP contribution in [0.3, 0.4) is 0 Å². The fraction of sp³-hybridized carbons (Fsp3) is 0.167. The number of nitrogens with one attached hydrogen (secondary N) is 1. The number of nitrogens with zero attached hydrogens (tertiary/aromatic N) is 3. The maximum Gasteiger partial charge on any atom is 0.336 e. The number of ether oxygens (including phenoxy) is 2. The van der Waals surface area contributed by atoms with Gasteiger partial charge in [-0.1, -0.05) is 12.1 Å². The van der Waals surface area contributed by atoms with Gasteiger partial charge in [-0.25, -0.2) is 9.07 Å². The number of rotatable bonds is 6. The van der Waals surface area contributed by atoms with Gasteiger partial charge < -0.3 is 14.8 Å². The number of hydrogen-bond donors (Lipinski definition) is 1. The zero-order valence-corrected chi connectivity index (χ0v) is 14.3. The molecule has 0 fully saturated rings. The van der Waals surface area contributed by atoms with Crippen LogP contribution in [0.15, 0.2) is 48.5 Å². The summed E-state index contributed by atoms with van der Waals surface area (Å²) in [5, 5.41) is 6.99. The number of halogens is 1. The third-order valence-corrected chi connectivity index (χ3v) is 3.52. The van der Waals surface area contributed by atoms with E-state index >= 15 is 0 Å². The number of aromatic nitrogens is 3.